The number of nitrogens with zero attached hydrogens (tertiary/aromatic N) is 1. The lowest BCUT2D eigenvalue weighted by atomic mass is 10.0. The van der Waals surface area contributed by atoms with E-state index in [0.29, 0.717) is 12.8 Å². The average Bonchev–Trinajstić information content (AvgIpc) is 3.13. The number of thiophene rings is 1. The Morgan fingerprint density at radius 1 is 1.33 bits per heavy atom. The molecule has 1 fully saturated rings. The number of aliphatic carboxylic acids is 1. The Labute approximate surface area is 129 Å². The summed E-state index contributed by atoms with van der Waals surface area (Å²) in [5.74, 6) is -1.04. The first kappa shape index (κ1) is 16.0. The zero-order chi connectivity index (χ0) is 15.2. The summed E-state index contributed by atoms with van der Waals surface area (Å²) >= 11 is 1.72. The molecule has 0 saturated heterocycles. The summed E-state index contributed by atoms with van der Waals surface area (Å²) in [5, 5.41) is 11.1. The summed E-state index contributed by atoms with van der Waals surface area (Å²) < 4.78 is 0. The first-order valence-electron chi connectivity index (χ1n) is 7.65. The zero-order valence-electron chi connectivity index (χ0n) is 12.5. The molecule has 5 heteroatoms. The number of hydrogen-bond acceptors (Lipinski definition) is 3. The van der Waals surface area contributed by atoms with Crippen LogP contribution >= 0.6 is 11.3 Å². The molecule has 2 atom stereocenters. The van der Waals surface area contributed by atoms with Crippen LogP contribution in [0.15, 0.2) is 17.5 Å². The summed E-state index contributed by atoms with van der Waals surface area (Å²) in [6.07, 6.45) is 3.68. The van der Waals surface area contributed by atoms with Crippen molar-refractivity contribution < 1.29 is 14.7 Å². The van der Waals surface area contributed by atoms with Gasteiger partial charge in [-0.05, 0) is 43.6 Å². The molecule has 2 rings (SSSR count). The maximum absolute atomic E-state index is 12.6. The minimum absolute atomic E-state index is 0.0963. The van der Waals surface area contributed by atoms with Crippen LogP contribution in [0.1, 0.15) is 37.5 Å². The predicted octanol–water partition coefficient (Wildman–Crippen LogP) is 3.03. The number of carboxylic acid groups (broad SMARTS) is 1. The molecule has 116 valence electrons. The molecule has 21 heavy (non-hydrogen) atoms. The molecule has 0 aliphatic heterocycles. The van der Waals surface area contributed by atoms with Gasteiger partial charge in [0, 0.05) is 23.9 Å². The SMILES string of the molecule is CCCN(CCc1cccs1)C(=O)[C@@H]1CC[C@H](C(=O)O)C1. The highest BCUT2D eigenvalue weighted by Crippen LogP contribution is 2.32. The van der Waals surface area contributed by atoms with Gasteiger partial charge in [-0.3, -0.25) is 9.59 Å². The fourth-order valence-electron chi connectivity index (χ4n) is 2.99. The van der Waals surface area contributed by atoms with Crippen molar-refractivity contribution in [1.82, 2.24) is 4.90 Å². The van der Waals surface area contributed by atoms with E-state index in [1.807, 2.05) is 11.0 Å². The van der Waals surface area contributed by atoms with Crippen molar-refractivity contribution in [3.05, 3.63) is 22.4 Å². The Morgan fingerprint density at radius 2 is 2.10 bits per heavy atom. The molecule has 1 saturated carbocycles. The second-order valence-corrected chi connectivity index (χ2v) is 6.73. The lowest BCUT2D eigenvalue weighted by molar-refractivity contribution is -0.141. The van der Waals surface area contributed by atoms with Gasteiger partial charge in [0.05, 0.1) is 5.92 Å². The molecule has 0 unspecified atom stereocenters. The van der Waals surface area contributed by atoms with E-state index < -0.39 is 5.97 Å². The molecule has 4 nitrogen and oxygen atoms in total. The highest BCUT2D eigenvalue weighted by atomic mass is 32.1. The highest BCUT2D eigenvalue weighted by Gasteiger charge is 2.35. The van der Waals surface area contributed by atoms with Gasteiger partial charge >= 0.3 is 5.97 Å². The lowest BCUT2D eigenvalue weighted by Crippen LogP contribution is -2.37. The topological polar surface area (TPSA) is 57.6 Å². The van der Waals surface area contributed by atoms with Crippen LogP contribution in [-0.2, 0) is 16.0 Å². The van der Waals surface area contributed by atoms with Crippen LogP contribution in [0.2, 0.25) is 0 Å². The van der Waals surface area contributed by atoms with Crippen LogP contribution in [0.25, 0.3) is 0 Å². The molecule has 1 heterocycles. The molecule has 1 aliphatic carbocycles. The van der Waals surface area contributed by atoms with Gasteiger partial charge in [0.25, 0.3) is 0 Å². The van der Waals surface area contributed by atoms with Crippen molar-refractivity contribution in [3.63, 3.8) is 0 Å². The summed E-state index contributed by atoms with van der Waals surface area (Å²) in [7, 11) is 0. The summed E-state index contributed by atoms with van der Waals surface area (Å²) in [6.45, 7) is 3.57. The molecular weight excluding hydrogens is 286 g/mol. The Morgan fingerprint density at radius 3 is 2.67 bits per heavy atom. The summed E-state index contributed by atoms with van der Waals surface area (Å²) in [5.41, 5.74) is 0. The molecule has 0 bridgehead atoms. The van der Waals surface area contributed by atoms with Gasteiger partial charge < -0.3 is 10.0 Å². The first-order chi connectivity index (χ1) is 10.1. The third-order valence-electron chi connectivity index (χ3n) is 4.14. The standard InChI is InChI=1S/C16H23NO3S/c1-2-8-17(9-7-14-4-3-10-21-14)15(18)12-5-6-13(11-12)16(19)20/h3-4,10,12-13H,2,5-9,11H2,1H3,(H,19,20)/t12-,13+/m1/s1. The Kier molecular flexibility index (Phi) is 5.79. The van der Waals surface area contributed by atoms with Crippen LogP contribution in [0.3, 0.4) is 0 Å². The number of carboxylic acids is 1. The van der Waals surface area contributed by atoms with Crippen molar-refractivity contribution in [1.29, 1.82) is 0 Å². The number of amides is 1. The van der Waals surface area contributed by atoms with E-state index in [9.17, 15) is 9.59 Å². The van der Waals surface area contributed by atoms with Crippen LogP contribution in [0.5, 0.6) is 0 Å². The average molecular weight is 309 g/mol. The van der Waals surface area contributed by atoms with E-state index in [1.54, 1.807) is 11.3 Å². The van der Waals surface area contributed by atoms with Gasteiger partial charge in [-0.25, -0.2) is 0 Å². The molecule has 1 aliphatic rings. The van der Waals surface area contributed by atoms with E-state index in [0.717, 1.165) is 32.4 Å². The van der Waals surface area contributed by atoms with Crippen molar-refractivity contribution in [2.45, 2.75) is 39.0 Å². The summed E-state index contributed by atoms with van der Waals surface area (Å²) in [6, 6.07) is 4.12. The molecule has 0 spiro atoms. The smallest absolute Gasteiger partial charge is 0.306 e. The minimum atomic E-state index is -0.758. The largest absolute Gasteiger partial charge is 0.481 e. The molecule has 1 amide bonds. The normalized spacial score (nSPS) is 21.4. The number of carbonyl (C=O) groups is 2. The Bertz CT molecular complexity index is 472. The van der Waals surface area contributed by atoms with Gasteiger partial charge in [-0.1, -0.05) is 13.0 Å². The zero-order valence-corrected chi connectivity index (χ0v) is 13.3. The predicted molar refractivity (Wildman–Crippen MR) is 83.4 cm³/mol. The van der Waals surface area contributed by atoms with Gasteiger partial charge in [0.2, 0.25) is 5.91 Å². The maximum atomic E-state index is 12.6. The van der Waals surface area contributed by atoms with Crippen LogP contribution in [0.4, 0.5) is 0 Å². The molecular formula is C16H23NO3S. The quantitative estimate of drug-likeness (QED) is 0.842. The number of hydrogen-bond donors (Lipinski definition) is 1. The van der Waals surface area contributed by atoms with Gasteiger partial charge in [0.15, 0.2) is 0 Å². The fraction of sp³-hybridized carbons (Fsp3) is 0.625. The van der Waals surface area contributed by atoms with Gasteiger partial charge in [0.1, 0.15) is 0 Å². The third-order valence-corrected chi connectivity index (χ3v) is 5.08. The Balaban J connectivity index is 1.91. The third kappa shape index (κ3) is 4.30. The molecule has 1 aromatic rings. The van der Waals surface area contributed by atoms with Crippen molar-refractivity contribution in [2.24, 2.45) is 11.8 Å². The molecule has 0 aromatic carbocycles. The van der Waals surface area contributed by atoms with E-state index in [-0.39, 0.29) is 17.7 Å². The monoisotopic (exact) mass is 309 g/mol. The van der Waals surface area contributed by atoms with Crippen molar-refractivity contribution >= 4 is 23.2 Å². The second kappa shape index (κ2) is 7.59. The van der Waals surface area contributed by atoms with Crippen LogP contribution in [0, 0.1) is 11.8 Å². The lowest BCUT2D eigenvalue weighted by Gasteiger charge is -2.25. The van der Waals surface area contributed by atoms with E-state index in [2.05, 4.69) is 18.4 Å². The van der Waals surface area contributed by atoms with E-state index >= 15 is 0 Å². The van der Waals surface area contributed by atoms with Crippen molar-refractivity contribution in [3.8, 4) is 0 Å². The number of rotatable bonds is 7. The van der Waals surface area contributed by atoms with Gasteiger partial charge in [-0.2, -0.15) is 0 Å². The first-order valence-corrected chi connectivity index (χ1v) is 8.53. The fourth-order valence-corrected chi connectivity index (χ4v) is 3.69. The van der Waals surface area contributed by atoms with E-state index in [4.69, 9.17) is 5.11 Å². The molecule has 1 aromatic heterocycles. The minimum Gasteiger partial charge on any atom is -0.481 e. The van der Waals surface area contributed by atoms with E-state index in [1.165, 1.54) is 4.88 Å². The number of carbonyl (C=O) groups excluding carboxylic acids is 1. The Hall–Kier alpha value is -1.36. The van der Waals surface area contributed by atoms with Gasteiger partial charge in [-0.15, -0.1) is 11.3 Å². The summed E-state index contributed by atoms with van der Waals surface area (Å²) in [4.78, 5) is 26.8. The molecule has 0 radical (unpaired) electrons. The van der Waals surface area contributed by atoms with Crippen LogP contribution < -0.4 is 0 Å². The van der Waals surface area contributed by atoms with Crippen LogP contribution in [-0.4, -0.2) is 35.0 Å². The highest BCUT2D eigenvalue weighted by molar-refractivity contribution is 7.09. The maximum Gasteiger partial charge on any atom is 0.306 e. The molecule has 1 N–H and O–H groups in total. The van der Waals surface area contributed by atoms with Crippen molar-refractivity contribution in [2.75, 3.05) is 13.1 Å². The second-order valence-electron chi connectivity index (χ2n) is 5.70.